The molecule has 3 rings (SSSR count). The molecule has 0 saturated heterocycles. The van der Waals surface area contributed by atoms with Crippen molar-refractivity contribution in [1.29, 1.82) is 0 Å². The van der Waals surface area contributed by atoms with Gasteiger partial charge in [0, 0.05) is 23.7 Å². The third-order valence-electron chi connectivity index (χ3n) is 4.49. The van der Waals surface area contributed by atoms with Gasteiger partial charge in [-0.05, 0) is 72.9 Å². The molecule has 0 fully saturated rings. The molecule has 0 bridgehead atoms. The van der Waals surface area contributed by atoms with Crippen LogP contribution in [0.3, 0.4) is 0 Å². The molecule has 136 valence electrons. The maximum Gasteiger partial charge on any atom is 0.336 e. The molecule has 0 saturated carbocycles. The average Bonchev–Trinajstić information content (AvgIpc) is 2.60. The molecule has 0 amide bonds. The first-order valence-electron chi connectivity index (χ1n) is 9.02. The first-order valence-corrected chi connectivity index (χ1v) is 9.02. The second-order valence-electron chi connectivity index (χ2n) is 6.76. The SMILES string of the molecule is CCOc1ccc(NCc2cc(=O)oc3cc(C)c(C(C)C)cc23)cc1. The molecule has 1 aromatic heterocycles. The highest BCUT2D eigenvalue weighted by atomic mass is 16.5. The summed E-state index contributed by atoms with van der Waals surface area (Å²) >= 11 is 0. The number of hydrogen-bond donors (Lipinski definition) is 1. The zero-order valence-corrected chi connectivity index (χ0v) is 15.8. The van der Waals surface area contributed by atoms with Crippen molar-refractivity contribution < 1.29 is 9.15 Å². The Morgan fingerprint density at radius 1 is 1.12 bits per heavy atom. The zero-order valence-electron chi connectivity index (χ0n) is 15.8. The van der Waals surface area contributed by atoms with E-state index in [-0.39, 0.29) is 5.63 Å². The first-order chi connectivity index (χ1) is 12.5. The topological polar surface area (TPSA) is 51.5 Å². The fraction of sp³-hybridized carbons (Fsp3) is 0.318. The third kappa shape index (κ3) is 3.90. The van der Waals surface area contributed by atoms with Crippen LogP contribution in [-0.4, -0.2) is 6.61 Å². The number of hydrogen-bond acceptors (Lipinski definition) is 4. The zero-order chi connectivity index (χ0) is 18.7. The van der Waals surface area contributed by atoms with Gasteiger partial charge in [-0.2, -0.15) is 0 Å². The van der Waals surface area contributed by atoms with E-state index >= 15 is 0 Å². The summed E-state index contributed by atoms with van der Waals surface area (Å²) in [6.07, 6.45) is 0. The van der Waals surface area contributed by atoms with Crippen molar-refractivity contribution >= 4 is 16.7 Å². The van der Waals surface area contributed by atoms with Crippen molar-refractivity contribution in [3.8, 4) is 5.75 Å². The molecule has 0 unspecified atom stereocenters. The summed E-state index contributed by atoms with van der Waals surface area (Å²) in [4.78, 5) is 12.0. The van der Waals surface area contributed by atoms with Gasteiger partial charge in [0.15, 0.2) is 0 Å². The summed E-state index contributed by atoms with van der Waals surface area (Å²) < 4.78 is 10.9. The summed E-state index contributed by atoms with van der Waals surface area (Å²) in [5.74, 6) is 1.26. The number of aryl methyl sites for hydroxylation is 1. The summed E-state index contributed by atoms with van der Waals surface area (Å²) in [5, 5.41) is 4.36. The second kappa shape index (κ2) is 7.65. The van der Waals surface area contributed by atoms with Gasteiger partial charge in [-0.1, -0.05) is 13.8 Å². The first kappa shape index (κ1) is 18.1. The maximum atomic E-state index is 12.0. The average molecular weight is 351 g/mol. The van der Waals surface area contributed by atoms with E-state index in [0.29, 0.717) is 24.7 Å². The fourth-order valence-electron chi connectivity index (χ4n) is 3.19. The molecule has 4 heteroatoms. The Kier molecular flexibility index (Phi) is 5.31. The van der Waals surface area contributed by atoms with E-state index < -0.39 is 0 Å². The van der Waals surface area contributed by atoms with Gasteiger partial charge in [-0.15, -0.1) is 0 Å². The fourth-order valence-corrected chi connectivity index (χ4v) is 3.19. The van der Waals surface area contributed by atoms with Gasteiger partial charge in [0.2, 0.25) is 0 Å². The van der Waals surface area contributed by atoms with Gasteiger partial charge in [0.05, 0.1) is 6.61 Å². The van der Waals surface area contributed by atoms with E-state index in [4.69, 9.17) is 9.15 Å². The largest absolute Gasteiger partial charge is 0.494 e. The van der Waals surface area contributed by atoms with Crippen LogP contribution in [0.1, 0.15) is 43.4 Å². The van der Waals surface area contributed by atoms with Crippen molar-refractivity contribution in [2.45, 2.75) is 40.2 Å². The second-order valence-corrected chi connectivity index (χ2v) is 6.76. The number of nitrogens with one attached hydrogen (secondary N) is 1. The minimum absolute atomic E-state index is 0.322. The lowest BCUT2D eigenvalue weighted by Gasteiger charge is -2.14. The smallest absolute Gasteiger partial charge is 0.336 e. The number of anilines is 1. The van der Waals surface area contributed by atoms with Gasteiger partial charge in [0.1, 0.15) is 11.3 Å². The Morgan fingerprint density at radius 2 is 1.85 bits per heavy atom. The van der Waals surface area contributed by atoms with E-state index in [1.54, 1.807) is 6.07 Å². The van der Waals surface area contributed by atoms with Crippen LogP contribution < -0.4 is 15.7 Å². The van der Waals surface area contributed by atoms with Crippen LogP contribution in [0.15, 0.2) is 51.7 Å². The molecule has 2 aromatic carbocycles. The van der Waals surface area contributed by atoms with Crippen LogP contribution in [0.25, 0.3) is 11.0 Å². The molecular formula is C22H25NO3. The normalized spacial score (nSPS) is 11.1. The van der Waals surface area contributed by atoms with E-state index in [1.165, 1.54) is 5.56 Å². The minimum atomic E-state index is -0.322. The summed E-state index contributed by atoms with van der Waals surface area (Å²) in [5.41, 5.74) is 4.65. The Bertz CT molecular complexity index is 956. The number of benzene rings is 2. The van der Waals surface area contributed by atoms with Gasteiger partial charge >= 0.3 is 5.63 Å². The molecule has 0 radical (unpaired) electrons. The van der Waals surface area contributed by atoms with Crippen LogP contribution >= 0.6 is 0 Å². The van der Waals surface area contributed by atoms with Crippen molar-refractivity contribution in [2.24, 2.45) is 0 Å². The van der Waals surface area contributed by atoms with Crippen LogP contribution in [0, 0.1) is 6.92 Å². The van der Waals surface area contributed by atoms with E-state index in [0.717, 1.165) is 28.0 Å². The number of fused-ring (bicyclic) bond motifs is 1. The predicted octanol–water partition coefficient (Wildman–Crippen LogP) is 5.24. The van der Waals surface area contributed by atoms with Gasteiger partial charge < -0.3 is 14.5 Å². The molecule has 0 aliphatic heterocycles. The molecule has 0 spiro atoms. The van der Waals surface area contributed by atoms with Crippen molar-refractivity contribution in [3.05, 3.63) is 69.6 Å². The molecule has 0 atom stereocenters. The van der Waals surface area contributed by atoms with Gasteiger partial charge in [-0.3, -0.25) is 0 Å². The van der Waals surface area contributed by atoms with Gasteiger partial charge in [-0.25, -0.2) is 4.79 Å². The van der Waals surface area contributed by atoms with Crippen LogP contribution in [0.4, 0.5) is 5.69 Å². The lowest BCUT2D eigenvalue weighted by atomic mass is 9.95. The molecule has 26 heavy (non-hydrogen) atoms. The number of rotatable bonds is 6. The molecule has 1 N–H and O–H groups in total. The van der Waals surface area contributed by atoms with Crippen molar-refractivity contribution in [2.75, 3.05) is 11.9 Å². The number of ether oxygens (including phenoxy) is 1. The Balaban J connectivity index is 1.91. The highest BCUT2D eigenvalue weighted by molar-refractivity contribution is 5.82. The highest BCUT2D eigenvalue weighted by Gasteiger charge is 2.11. The Labute approximate surface area is 153 Å². The van der Waals surface area contributed by atoms with E-state index in [1.807, 2.05) is 37.3 Å². The quantitative estimate of drug-likeness (QED) is 0.617. The summed E-state index contributed by atoms with van der Waals surface area (Å²) in [6, 6.07) is 13.5. The molecule has 4 nitrogen and oxygen atoms in total. The maximum absolute atomic E-state index is 12.0. The van der Waals surface area contributed by atoms with E-state index in [2.05, 4.69) is 32.2 Å². The molecular weight excluding hydrogens is 326 g/mol. The van der Waals surface area contributed by atoms with Crippen molar-refractivity contribution in [3.63, 3.8) is 0 Å². The summed E-state index contributed by atoms with van der Waals surface area (Å²) in [6.45, 7) is 9.56. The van der Waals surface area contributed by atoms with Crippen LogP contribution in [-0.2, 0) is 6.54 Å². The van der Waals surface area contributed by atoms with Crippen LogP contribution in [0.5, 0.6) is 5.75 Å². The molecule has 0 aliphatic carbocycles. The van der Waals surface area contributed by atoms with Crippen LogP contribution in [0.2, 0.25) is 0 Å². The highest BCUT2D eigenvalue weighted by Crippen LogP contribution is 2.27. The lowest BCUT2D eigenvalue weighted by Crippen LogP contribution is -2.07. The third-order valence-corrected chi connectivity index (χ3v) is 4.49. The Morgan fingerprint density at radius 3 is 2.50 bits per heavy atom. The molecule has 3 aromatic rings. The monoisotopic (exact) mass is 351 g/mol. The minimum Gasteiger partial charge on any atom is -0.494 e. The standard InChI is InChI=1S/C22H25NO3/c1-5-25-18-8-6-17(7-9-18)23-13-16-11-22(24)26-21-10-15(4)19(14(2)3)12-20(16)21/h6-12,14,23H,5,13H2,1-4H3. The van der Waals surface area contributed by atoms with E-state index in [9.17, 15) is 4.79 Å². The predicted molar refractivity (Wildman–Crippen MR) is 106 cm³/mol. The van der Waals surface area contributed by atoms with Gasteiger partial charge in [0.25, 0.3) is 0 Å². The molecule has 0 aliphatic rings. The Hall–Kier alpha value is -2.75. The molecule has 1 heterocycles. The van der Waals surface area contributed by atoms with Crippen molar-refractivity contribution in [1.82, 2.24) is 0 Å². The lowest BCUT2D eigenvalue weighted by molar-refractivity contribution is 0.340. The summed E-state index contributed by atoms with van der Waals surface area (Å²) in [7, 11) is 0.